The molecular formula is C23H31N3O3S2. The molecule has 6 nitrogen and oxygen atoms in total. The summed E-state index contributed by atoms with van der Waals surface area (Å²) in [5, 5.41) is 1.59. The molecule has 31 heavy (non-hydrogen) atoms. The number of carbonyl (C=O) groups is 1. The molecule has 1 saturated heterocycles. The Morgan fingerprint density at radius 1 is 1.26 bits per heavy atom. The Hall–Kier alpha value is -1.38. The zero-order valence-corrected chi connectivity index (χ0v) is 20.0. The molecule has 2 atom stereocenters. The Bertz CT molecular complexity index is 1040. The van der Waals surface area contributed by atoms with Gasteiger partial charge < -0.3 is 9.64 Å². The van der Waals surface area contributed by atoms with Gasteiger partial charge in [-0.3, -0.25) is 14.2 Å². The molecule has 0 aromatic carbocycles. The Morgan fingerprint density at radius 2 is 2.06 bits per heavy atom. The van der Waals surface area contributed by atoms with Gasteiger partial charge >= 0.3 is 0 Å². The first kappa shape index (κ1) is 21.5. The predicted octanol–water partition coefficient (Wildman–Crippen LogP) is 4.04. The summed E-state index contributed by atoms with van der Waals surface area (Å²) in [6.45, 7) is 6.16. The van der Waals surface area contributed by atoms with Crippen molar-refractivity contribution in [1.82, 2.24) is 14.5 Å². The van der Waals surface area contributed by atoms with E-state index in [2.05, 4.69) is 6.92 Å². The second kappa shape index (κ2) is 8.87. The zero-order valence-electron chi connectivity index (χ0n) is 18.4. The van der Waals surface area contributed by atoms with Crippen molar-refractivity contribution in [2.24, 2.45) is 5.92 Å². The SMILES string of the molecule is C[C@@H]1CCc2c(sc3nc(SCC(=O)N4CCO[C@@H](C)C4)n(C4CCCC4)c(=O)c23)C1. The fourth-order valence-electron chi connectivity index (χ4n) is 5.23. The summed E-state index contributed by atoms with van der Waals surface area (Å²) in [4.78, 5) is 35.7. The molecule has 2 fully saturated rings. The van der Waals surface area contributed by atoms with Gasteiger partial charge in [-0.1, -0.05) is 31.5 Å². The minimum Gasteiger partial charge on any atom is -0.375 e. The lowest BCUT2D eigenvalue weighted by molar-refractivity contribution is -0.135. The van der Waals surface area contributed by atoms with Crippen LogP contribution in [0.2, 0.25) is 0 Å². The topological polar surface area (TPSA) is 64.4 Å². The number of hydrogen-bond acceptors (Lipinski definition) is 6. The molecule has 1 amide bonds. The third-order valence-electron chi connectivity index (χ3n) is 6.94. The van der Waals surface area contributed by atoms with Crippen LogP contribution in [0.15, 0.2) is 9.95 Å². The molecule has 2 aromatic rings. The van der Waals surface area contributed by atoms with Crippen molar-refractivity contribution >= 4 is 39.2 Å². The summed E-state index contributed by atoms with van der Waals surface area (Å²) in [7, 11) is 0. The van der Waals surface area contributed by atoms with Gasteiger partial charge in [0.1, 0.15) is 4.83 Å². The summed E-state index contributed by atoms with van der Waals surface area (Å²) in [6, 6.07) is 0.212. The minimum atomic E-state index is 0.0775. The van der Waals surface area contributed by atoms with Crippen molar-refractivity contribution in [1.29, 1.82) is 0 Å². The molecule has 0 bridgehead atoms. The minimum absolute atomic E-state index is 0.0775. The Balaban J connectivity index is 1.48. The number of thiophene rings is 1. The van der Waals surface area contributed by atoms with E-state index >= 15 is 0 Å². The highest BCUT2D eigenvalue weighted by molar-refractivity contribution is 7.99. The standard InChI is InChI=1S/C23H31N3O3S2/c1-14-7-8-17-18(11-14)31-21-20(17)22(28)26(16-5-3-4-6-16)23(24-21)30-13-19(27)25-9-10-29-15(2)12-25/h14-16H,3-13H2,1-2H3/t14-,15+/m1/s1. The summed E-state index contributed by atoms with van der Waals surface area (Å²) >= 11 is 3.13. The average Bonchev–Trinajstić information content (AvgIpc) is 3.39. The predicted molar refractivity (Wildman–Crippen MR) is 125 cm³/mol. The van der Waals surface area contributed by atoms with E-state index in [1.165, 1.54) is 22.2 Å². The number of aryl methyl sites for hydroxylation is 1. The summed E-state index contributed by atoms with van der Waals surface area (Å²) in [5.41, 5.74) is 1.37. The highest BCUT2D eigenvalue weighted by Gasteiger charge is 2.29. The average molecular weight is 462 g/mol. The zero-order chi connectivity index (χ0) is 21.5. The molecule has 0 unspecified atom stereocenters. The van der Waals surface area contributed by atoms with E-state index in [9.17, 15) is 9.59 Å². The number of aromatic nitrogens is 2. The van der Waals surface area contributed by atoms with Gasteiger partial charge in [0, 0.05) is 24.0 Å². The fourth-order valence-corrected chi connectivity index (χ4v) is 7.63. The number of ether oxygens (including phenoxy) is 1. The van der Waals surface area contributed by atoms with Crippen LogP contribution < -0.4 is 5.56 Å². The molecule has 0 spiro atoms. The van der Waals surface area contributed by atoms with Crippen LogP contribution in [0, 0.1) is 5.92 Å². The molecule has 0 radical (unpaired) electrons. The Kier molecular flexibility index (Phi) is 6.14. The first-order chi connectivity index (χ1) is 15.0. The number of morpholine rings is 1. The first-order valence-electron chi connectivity index (χ1n) is 11.6. The molecule has 1 aliphatic heterocycles. The molecule has 2 aromatic heterocycles. The van der Waals surface area contributed by atoms with Gasteiger partial charge in [-0.2, -0.15) is 0 Å². The van der Waals surface area contributed by atoms with Gasteiger partial charge in [0.15, 0.2) is 5.16 Å². The van der Waals surface area contributed by atoms with Crippen LogP contribution in [-0.2, 0) is 22.4 Å². The number of fused-ring (bicyclic) bond motifs is 3. The van der Waals surface area contributed by atoms with E-state index in [1.54, 1.807) is 11.3 Å². The maximum atomic E-state index is 13.7. The van der Waals surface area contributed by atoms with Gasteiger partial charge in [-0.15, -0.1) is 11.3 Å². The first-order valence-corrected chi connectivity index (χ1v) is 13.4. The van der Waals surface area contributed by atoms with Crippen LogP contribution in [0.1, 0.15) is 62.4 Å². The third kappa shape index (κ3) is 4.18. The highest BCUT2D eigenvalue weighted by atomic mass is 32.2. The smallest absolute Gasteiger partial charge is 0.263 e. The third-order valence-corrected chi connectivity index (χ3v) is 9.02. The van der Waals surface area contributed by atoms with E-state index < -0.39 is 0 Å². The molecule has 5 rings (SSSR count). The van der Waals surface area contributed by atoms with Crippen molar-refractivity contribution in [3.05, 3.63) is 20.8 Å². The van der Waals surface area contributed by atoms with E-state index in [0.29, 0.717) is 31.4 Å². The van der Waals surface area contributed by atoms with Crippen LogP contribution in [0.25, 0.3) is 10.2 Å². The number of hydrogen-bond donors (Lipinski definition) is 0. The van der Waals surface area contributed by atoms with Gasteiger partial charge in [-0.25, -0.2) is 4.98 Å². The van der Waals surface area contributed by atoms with Crippen molar-refractivity contribution in [3.8, 4) is 0 Å². The van der Waals surface area contributed by atoms with Crippen molar-refractivity contribution in [3.63, 3.8) is 0 Å². The number of nitrogens with zero attached hydrogens (tertiary/aromatic N) is 3. The molecule has 3 heterocycles. The van der Waals surface area contributed by atoms with E-state index in [0.717, 1.165) is 60.3 Å². The molecule has 2 aliphatic carbocycles. The number of rotatable bonds is 4. The van der Waals surface area contributed by atoms with Gasteiger partial charge in [0.05, 0.1) is 23.8 Å². The van der Waals surface area contributed by atoms with Crippen molar-refractivity contribution in [2.45, 2.75) is 76.1 Å². The van der Waals surface area contributed by atoms with Crippen LogP contribution in [-0.4, -0.2) is 51.9 Å². The normalized spacial score (nSPS) is 24.6. The second-order valence-corrected chi connectivity index (χ2v) is 11.4. The molecule has 1 saturated carbocycles. The molecule has 3 aliphatic rings. The monoisotopic (exact) mass is 461 g/mol. The lowest BCUT2D eigenvalue weighted by Gasteiger charge is -2.31. The van der Waals surface area contributed by atoms with Gasteiger partial charge in [0.2, 0.25) is 5.91 Å². The number of thioether (sulfide) groups is 1. The highest BCUT2D eigenvalue weighted by Crippen LogP contribution is 2.38. The van der Waals surface area contributed by atoms with Crippen LogP contribution >= 0.6 is 23.1 Å². The van der Waals surface area contributed by atoms with Crippen LogP contribution in [0.5, 0.6) is 0 Å². The second-order valence-electron chi connectivity index (χ2n) is 9.35. The van der Waals surface area contributed by atoms with Crippen molar-refractivity contribution in [2.75, 3.05) is 25.4 Å². The summed E-state index contributed by atoms with van der Waals surface area (Å²) < 4.78 is 7.51. The Morgan fingerprint density at radius 3 is 2.84 bits per heavy atom. The largest absolute Gasteiger partial charge is 0.375 e. The molecule has 0 N–H and O–H groups in total. The lowest BCUT2D eigenvalue weighted by atomic mass is 9.89. The lowest BCUT2D eigenvalue weighted by Crippen LogP contribution is -2.45. The van der Waals surface area contributed by atoms with E-state index in [4.69, 9.17) is 9.72 Å². The maximum absolute atomic E-state index is 13.7. The number of carbonyl (C=O) groups excluding carboxylic acids is 1. The number of amides is 1. The molecular weight excluding hydrogens is 430 g/mol. The maximum Gasteiger partial charge on any atom is 0.263 e. The van der Waals surface area contributed by atoms with Gasteiger partial charge in [-0.05, 0) is 50.5 Å². The molecule has 168 valence electrons. The fraction of sp³-hybridized carbons (Fsp3) is 0.696. The van der Waals surface area contributed by atoms with Crippen molar-refractivity contribution < 1.29 is 9.53 Å². The van der Waals surface area contributed by atoms with Gasteiger partial charge in [0.25, 0.3) is 5.56 Å². The van der Waals surface area contributed by atoms with E-state index in [-0.39, 0.29) is 23.6 Å². The van der Waals surface area contributed by atoms with E-state index in [1.807, 2.05) is 16.4 Å². The Labute approximate surface area is 191 Å². The van der Waals surface area contributed by atoms with Crippen LogP contribution in [0.4, 0.5) is 0 Å². The summed E-state index contributed by atoms with van der Waals surface area (Å²) in [6.07, 6.45) is 7.62. The quantitative estimate of drug-likeness (QED) is 0.508. The van der Waals surface area contributed by atoms with Crippen LogP contribution in [0.3, 0.4) is 0 Å². The summed E-state index contributed by atoms with van der Waals surface area (Å²) in [5.74, 6) is 1.09. The molecule has 8 heteroatoms.